The first-order chi connectivity index (χ1) is 9.83. The van der Waals surface area contributed by atoms with E-state index in [1.165, 1.54) is 6.07 Å². The fourth-order valence-corrected chi connectivity index (χ4v) is 1.74. The highest BCUT2D eigenvalue weighted by Gasteiger charge is 2.25. The van der Waals surface area contributed by atoms with Crippen molar-refractivity contribution in [3.8, 4) is 0 Å². The predicted octanol–water partition coefficient (Wildman–Crippen LogP) is 3.59. The minimum absolute atomic E-state index is 0.0668. The van der Waals surface area contributed by atoms with Gasteiger partial charge in [-0.3, -0.25) is 0 Å². The molecule has 0 aliphatic rings. The van der Waals surface area contributed by atoms with Crippen molar-refractivity contribution >= 4 is 17.3 Å². The molecule has 1 aromatic carbocycles. The summed E-state index contributed by atoms with van der Waals surface area (Å²) < 4.78 is 40.8. The maximum atomic E-state index is 12.0. The largest absolute Gasteiger partial charge is 0.462 e. The van der Waals surface area contributed by atoms with Crippen molar-refractivity contribution in [2.24, 2.45) is 0 Å². The summed E-state index contributed by atoms with van der Waals surface area (Å²) in [5, 5.41) is 2.95. The fraction of sp³-hybridized carbons (Fsp3) is 0.500. The second kappa shape index (κ2) is 7.75. The van der Waals surface area contributed by atoms with Crippen LogP contribution >= 0.6 is 0 Å². The van der Waals surface area contributed by atoms with E-state index in [0.29, 0.717) is 29.9 Å². The highest BCUT2D eigenvalue weighted by Crippen LogP contribution is 2.23. The normalized spacial score (nSPS) is 11.2. The van der Waals surface area contributed by atoms with Crippen LogP contribution in [0.25, 0.3) is 0 Å². The van der Waals surface area contributed by atoms with Crippen LogP contribution in [0.2, 0.25) is 0 Å². The molecule has 4 nitrogen and oxygen atoms in total. The second-order valence-corrected chi connectivity index (χ2v) is 4.52. The zero-order valence-electron chi connectivity index (χ0n) is 11.8. The zero-order valence-corrected chi connectivity index (χ0v) is 11.8. The number of halogens is 3. The van der Waals surface area contributed by atoms with Gasteiger partial charge in [0.15, 0.2) is 0 Å². The number of benzene rings is 1. The number of anilines is 2. The first-order valence-electron chi connectivity index (χ1n) is 6.70. The Balaban J connectivity index is 2.44. The third kappa shape index (κ3) is 6.37. The maximum absolute atomic E-state index is 12.0. The topological polar surface area (TPSA) is 64.3 Å². The lowest BCUT2D eigenvalue weighted by atomic mass is 10.1. The molecule has 0 amide bonds. The fourth-order valence-electron chi connectivity index (χ4n) is 1.74. The summed E-state index contributed by atoms with van der Waals surface area (Å²) in [7, 11) is 0. The third-order valence-corrected chi connectivity index (χ3v) is 2.77. The van der Waals surface area contributed by atoms with Crippen molar-refractivity contribution in [2.45, 2.75) is 32.4 Å². The minimum Gasteiger partial charge on any atom is -0.462 e. The number of nitrogens with one attached hydrogen (secondary N) is 1. The molecule has 1 aromatic rings. The molecule has 0 unspecified atom stereocenters. The molecule has 0 spiro atoms. The van der Waals surface area contributed by atoms with Gasteiger partial charge in [-0.2, -0.15) is 13.2 Å². The van der Waals surface area contributed by atoms with E-state index in [9.17, 15) is 18.0 Å². The lowest BCUT2D eigenvalue weighted by Gasteiger charge is -2.11. The van der Waals surface area contributed by atoms with E-state index in [4.69, 9.17) is 10.5 Å². The Kier molecular flexibility index (Phi) is 6.33. The number of nitrogens with two attached hydrogens (primary N) is 1. The van der Waals surface area contributed by atoms with Gasteiger partial charge in [0.25, 0.3) is 0 Å². The Morgan fingerprint density at radius 2 is 2.05 bits per heavy atom. The van der Waals surface area contributed by atoms with Gasteiger partial charge in [0, 0.05) is 13.0 Å². The Bertz CT molecular complexity index is 476. The molecule has 7 heteroatoms. The van der Waals surface area contributed by atoms with Crippen molar-refractivity contribution in [3.05, 3.63) is 23.8 Å². The van der Waals surface area contributed by atoms with Crippen molar-refractivity contribution < 1.29 is 22.7 Å². The number of hydrogen-bond donors (Lipinski definition) is 2. The Hall–Kier alpha value is -1.92. The van der Waals surface area contributed by atoms with Crippen LogP contribution in [0, 0.1) is 0 Å². The SMILES string of the molecule is CCOC(=O)c1ccc(NCCCCC(F)(F)F)c(N)c1. The van der Waals surface area contributed by atoms with Crippen LogP contribution < -0.4 is 11.1 Å². The van der Waals surface area contributed by atoms with E-state index in [1.807, 2.05) is 0 Å². The number of unbranched alkanes of at least 4 members (excludes halogenated alkanes) is 1. The van der Waals surface area contributed by atoms with Crippen molar-refractivity contribution in [1.82, 2.24) is 0 Å². The van der Waals surface area contributed by atoms with Crippen LogP contribution in [0.1, 0.15) is 36.5 Å². The van der Waals surface area contributed by atoms with E-state index < -0.39 is 18.6 Å². The monoisotopic (exact) mass is 304 g/mol. The number of carbonyl (C=O) groups excluding carboxylic acids is 1. The molecular formula is C14H19F3N2O2. The van der Waals surface area contributed by atoms with Crippen molar-refractivity contribution in [1.29, 1.82) is 0 Å². The number of carbonyl (C=O) groups is 1. The van der Waals surface area contributed by atoms with Gasteiger partial charge in [0.05, 0.1) is 23.5 Å². The van der Waals surface area contributed by atoms with Gasteiger partial charge in [0.2, 0.25) is 0 Å². The molecule has 0 heterocycles. The third-order valence-electron chi connectivity index (χ3n) is 2.77. The van der Waals surface area contributed by atoms with Crippen LogP contribution in [0.15, 0.2) is 18.2 Å². The number of hydrogen-bond acceptors (Lipinski definition) is 4. The van der Waals surface area contributed by atoms with Gasteiger partial charge in [-0.25, -0.2) is 4.79 Å². The number of esters is 1. The van der Waals surface area contributed by atoms with E-state index in [2.05, 4.69) is 5.32 Å². The van der Waals surface area contributed by atoms with Gasteiger partial charge < -0.3 is 15.8 Å². The average Bonchev–Trinajstić information content (AvgIpc) is 2.39. The van der Waals surface area contributed by atoms with Crippen molar-refractivity contribution in [2.75, 3.05) is 24.2 Å². The smallest absolute Gasteiger partial charge is 0.389 e. The first kappa shape index (κ1) is 17.1. The van der Waals surface area contributed by atoms with Gasteiger partial charge in [-0.05, 0) is 38.0 Å². The summed E-state index contributed by atoms with van der Waals surface area (Å²) in [6.45, 7) is 2.37. The molecule has 0 radical (unpaired) electrons. The molecule has 0 aromatic heterocycles. The van der Waals surface area contributed by atoms with Gasteiger partial charge in [0.1, 0.15) is 0 Å². The summed E-state index contributed by atoms with van der Waals surface area (Å²) in [6.07, 6.45) is -4.44. The van der Waals surface area contributed by atoms with Gasteiger partial charge in [-0.15, -0.1) is 0 Å². The summed E-state index contributed by atoms with van der Waals surface area (Å²) in [5.74, 6) is -0.457. The Morgan fingerprint density at radius 3 is 2.62 bits per heavy atom. The van der Waals surface area contributed by atoms with Crippen LogP contribution in [0.4, 0.5) is 24.5 Å². The number of ether oxygens (including phenoxy) is 1. The quantitative estimate of drug-likeness (QED) is 0.459. The number of rotatable bonds is 7. The summed E-state index contributed by atoms with van der Waals surface area (Å²) in [4.78, 5) is 11.5. The van der Waals surface area contributed by atoms with Crippen LogP contribution in [-0.4, -0.2) is 25.3 Å². The van der Waals surface area contributed by atoms with Gasteiger partial charge in [-0.1, -0.05) is 0 Å². The van der Waals surface area contributed by atoms with Crippen molar-refractivity contribution in [3.63, 3.8) is 0 Å². The molecule has 0 aliphatic carbocycles. The summed E-state index contributed by atoms with van der Waals surface area (Å²) in [6, 6.07) is 4.66. The lowest BCUT2D eigenvalue weighted by molar-refractivity contribution is -0.135. The molecule has 21 heavy (non-hydrogen) atoms. The number of nitrogen functional groups attached to an aromatic ring is 1. The van der Waals surface area contributed by atoms with Crippen LogP contribution in [-0.2, 0) is 4.74 Å². The van der Waals surface area contributed by atoms with E-state index in [0.717, 1.165) is 0 Å². The maximum Gasteiger partial charge on any atom is 0.389 e. The molecular weight excluding hydrogens is 285 g/mol. The van der Waals surface area contributed by atoms with E-state index in [1.54, 1.807) is 19.1 Å². The van der Waals surface area contributed by atoms with Crippen LogP contribution in [0.5, 0.6) is 0 Å². The molecule has 0 atom stereocenters. The van der Waals surface area contributed by atoms with Crippen LogP contribution in [0.3, 0.4) is 0 Å². The second-order valence-electron chi connectivity index (χ2n) is 4.52. The van der Waals surface area contributed by atoms with E-state index >= 15 is 0 Å². The first-order valence-corrected chi connectivity index (χ1v) is 6.70. The molecule has 0 saturated heterocycles. The Morgan fingerprint density at radius 1 is 1.33 bits per heavy atom. The molecule has 0 aliphatic heterocycles. The van der Waals surface area contributed by atoms with Gasteiger partial charge >= 0.3 is 12.1 Å². The predicted molar refractivity (Wildman–Crippen MR) is 75.2 cm³/mol. The molecule has 118 valence electrons. The molecule has 0 saturated carbocycles. The molecule has 0 fully saturated rings. The number of alkyl halides is 3. The highest BCUT2D eigenvalue weighted by molar-refractivity contribution is 5.91. The summed E-state index contributed by atoms with van der Waals surface area (Å²) in [5.41, 5.74) is 7.08. The highest BCUT2D eigenvalue weighted by atomic mass is 19.4. The summed E-state index contributed by atoms with van der Waals surface area (Å²) >= 11 is 0. The lowest BCUT2D eigenvalue weighted by Crippen LogP contribution is -2.10. The minimum atomic E-state index is -4.11. The zero-order chi connectivity index (χ0) is 15.9. The van der Waals surface area contributed by atoms with E-state index in [-0.39, 0.29) is 13.0 Å². The molecule has 0 bridgehead atoms. The molecule has 3 N–H and O–H groups in total. The molecule has 1 rings (SSSR count). The standard InChI is InChI=1S/C14H19F3N2O2/c1-2-21-13(20)10-5-6-12(11(18)9-10)19-8-4-3-7-14(15,16)17/h5-6,9,19H,2-4,7-8,18H2,1H3. The Labute approximate surface area is 121 Å². The average molecular weight is 304 g/mol.